The molecule has 1 heterocycles. The molecular formula is C62H38N2. The Hall–Kier alpha value is -8.46. The molecule has 0 radical (unpaired) electrons. The van der Waals surface area contributed by atoms with Gasteiger partial charge >= 0.3 is 0 Å². The molecule has 2 nitrogen and oxygen atoms in total. The molecule has 296 valence electrons. The van der Waals surface area contributed by atoms with Crippen molar-refractivity contribution in [2.45, 2.75) is 0 Å². The molecule has 0 aliphatic rings. The fourth-order valence-corrected chi connectivity index (χ4v) is 11.0. The zero-order valence-electron chi connectivity index (χ0n) is 34.8. The first-order valence-electron chi connectivity index (χ1n) is 22.2. The smallest absolute Gasteiger partial charge is 0.0702 e. The van der Waals surface area contributed by atoms with Gasteiger partial charge in [0.1, 0.15) is 0 Å². The molecule has 2 heteroatoms. The van der Waals surface area contributed by atoms with Crippen LogP contribution in [0.5, 0.6) is 0 Å². The van der Waals surface area contributed by atoms with Gasteiger partial charge in [-0.15, -0.1) is 0 Å². The summed E-state index contributed by atoms with van der Waals surface area (Å²) in [5.74, 6) is 0. The van der Waals surface area contributed by atoms with E-state index < -0.39 is 0 Å². The molecule has 14 rings (SSSR count). The summed E-state index contributed by atoms with van der Waals surface area (Å²) in [4.78, 5) is 2.49. The van der Waals surface area contributed by atoms with Gasteiger partial charge in [-0.05, 0) is 141 Å². The van der Waals surface area contributed by atoms with Crippen molar-refractivity contribution in [3.8, 4) is 16.8 Å². The van der Waals surface area contributed by atoms with Crippen molar-refractivity contribution in [2.24, 2.45) is 0 Å². The summed E-state index contributed by atoms with van der Waals surface area (Å²) in [6.45, 7) is 0. The molecule has 14 aromatic rings. The van der Waals surface area contributed by atoms with E-state index in [-0.39, 0.29) is 0 Å². The van der Waals surface area contributed by atoms with Crippen LogP contribution in [0.15, 0.2) is 231 Å². The maximum Gasteiger partial charge on any atom is 0.0702 e. The van der Waals surface area contributed by atoms with Crippen LogP contribution in [0.3, 0.4) is 0 Å². The van der Waals surface area contributed by atoms with Gasteiger partial charge in [-0.2, -0.15) is 0 Å². The number of rotatable bonds is 5. The third-order valence-electron chi connectivity index (χ3n) is 13.8. The third-order valence-corrected chi connectivity index (χ3v) is 13.8. The number of aromatic nitrogens is 1. The normalized spacial score (nSPS) is 12.1. The Balaban J connectivity index is 1.10. The van der Waals surface area contributed by atoms with E-state index in [0.29, 0.717) is 0 Å². The summed E-state index contributed by atoms with van der Waals surface area (Å²) in [7, 11) is 0. The maximum atomic E-state index is 2.49. The van der Waals surface area contributed by atoms with Crippen LogP contribution in [-0.2, 0) is 0 Å². The van der Waals surface area contributed by atoms with E-state index in [1.165, 1.54) is 108 Å². The Morgan fingerprint density at radius 2 is 0.734 bits per heavy atom. The average Bonchev–Trinajstić information content (AvgIpc) is 3.69. The Morgan fingerprint density at radius 3 is 1.39 bits per heavy atom. The van der Waals surface area contributed by atoms with Crippen LogP contribution < -0.4 is 4.90 Å². The summed E-state index contributed by atoms with van der Waals surface area (Å²) >= 11 is 0. The first-order valence-corrected chi connectivity index (χ1v) is 22.2. The minimum Gasteiger partial charge on any atom is -0.308 e. The molecule has 0 unspecified atom stereocenters. The minimum absolute atomic E-state index is 1.09. The zero-order chi connectivity index (χ0) is 41.9. The van der Waals surface area contributed by atoms with Crippen molar-refractivity contribution in [2.75, 3.05) is 4.90 Å². The molecule has 0 fully saturated rings. The highest BCUT2D eigenvalue weighted by Crippen LogP contribution is 2.48. The average molecular weight is 811 g/mol. The van der Waals surface area contributed by atoms with Gasteiger partial charge in [0.25, 0.3) is 0 Å². The highest BCUT2D eigenvalue weighted by molar-refractivity contribution is 6.37. The number of hydrogen-bond donors (Lipinski definition) is 0. The van der Waals surface area contributed by atoms with E-state index in [0.717, 1.165) is 22.7 Å². The van der Waals surface area contributed by atoms with Crippen LogP contribution >= 0.6 is 0 Å². The standard InChI is InChI=1S/C62H38N2/c1-2-13-44-36-45(30-26-39(44)12-1)40-32-34-47(35-33-40)63(57-24-7-8-25-58(57)64-55-22-5-3-17-49(55)50-18-4-6-23-56(50)64)48-37-46-31-29-43-15-10-20-52-51-19-9-14-41-27-28-42-16-11-21-53(61(42)59(41)51)54(38-48)62(46)60(43)52/h1-38H. The van der Waals surface area contributed by atoms with Crippen molar-refractivity contribution in [1.29, 1.82) is 0 Å². The topological polar surface area (TPSA) is 8.17 Å². The lowest BCUT2D eigenvalue weighted by molar-refractivity contribution is 1.15. The molecule has 0 amide bonds. The van der Waals surface area contributed by atoms with Crippen molar-refractivity contribution in [3.05, 3.63) is 231 Å². The van der Waals surface area contributed by atoms with Gasteiger partial charge in [-0.3, -0.25) is 0 Å². The maximum absolute atomic E-state index is 2.49. The molecule has 0 saturated heterocycles. The molecular weight excluding hydrogens is 773 g/mol. The second-order valence-electron chi connectivity index (χ2n) is 17.2. The second kappa shape index (κ2) is 13.5. The molecule has 64 heavy (non-hydrogen) atoms. The van der Waals surface area contributed by atoms with Crippen molar-refractivity contribution >= 4 is 114 Å². The zero-order valence-corrected chi connectivity index (χ0v) is 34.8. The SMILES string of the molecule is c1ccc(-n2c3ccccc3c3ccccc32)c(N(c2ccc(-c3ccc4ccccc4c3)cc2)c2cc3ccc4cccc5c6cccc7ccc8cccc(c(c2)c3c45)c8c76)c1. The van der Waals surface area contributed by atoms with Crippen LogP contribution in [0, 0.1) is 0 Å². The van der Waals surface area contributed by atoms with E-state index in [1.807, 2.05) is 0 Å². The van der Waals surface area contributed by atoms with Gasteiger partial charge in [0.15, 0.2) is 0 Å². The summed E-state index contributed by atoms with van der Waals surface area (Å²) in [6, 6.07) is 85.7. The second-order valence-corrected chi connectivity index (χ2v) is 17.2. The molecule has 0 atom stereocenters. The molecule has 0 aliphatic carbocycles. The number of hydrogen-bond acceptors (Lipinski definition) is 1. The highest BCUT2D eigenvalue weighted by Gasteiger charge is 2.23. The Morgan fingerprint density at radius 1 is 0.266 bits per heavy atom. The van der Waals surface area contributed by atoms with E-state index >= 15 is 0 Å². The van der Waals surface area contributed by atoms with Gasteiger partial charge in [0.05, 0.1) is 22.4 Å². The highest BCUT2D eigenvalue weighted by atomic mass is 15.2. The van der Waals surface area contributed by atoms with Gasteiger partial charge < -0.3 is 9.47 Å². The van der Waals surface area contributed by atoms with Crippen LogP contribution in [0.2, 0.25) is 0 Å². The lowest BCUT2D eigenvalue weighted by atomic mass is 9.87. The molecule has 0 bridgehead atoms. The van der Waals surface area contributed by atoms with E-state index in [1.54, 1.807) is 0 Å². The Bertz CT molecular complexity index is 4130. The molecule has 0 aliphatic heterocycles. The number of nitrogens with zero attached hydrogens (tertiary/aromatic N) is 2. The van der Waals surface area contributed by atoms with E-state index in [4.69, 9.17) is 0 Å². The largest absolute Gasteiger partial charge is 0.308 e. The summed E-state index contributed by atoms with van der Waals surface area (Å²) in [5, 5.41) is 20.2. The van der Waals surface area contributed by atoms with Gasteiger partial charge in [0.2, 0.25) is 0 Å². The lowest BCUT2D eigenvalue weighted by Gasteiger charge is -2.29. The molecule has 0 N–H and O–H groups in total. The van der Waals surface area contributed by atoms with Gasteiger partial charge in [-0.25, -0.2) is 0 Å². The summed E-state index contributed by atoms with van der Waals surface area (Å²) < 4.78 is 2.45. The van der Waals surface area contributed by atoms with E-state index in [2.05, 4.69) is 240 Å². The summed E-state index contributed by atoms with van der Waals surface area (Å²) in [6.07, 6.45) is 0. The first-order chi connectivity index (χ1) is 31.7. The molecule has 0 spiro atoms. The Labute approximate surface area is 369 Å². The fourth-order valence-electron chi connectivity index (χ4n) is 11.0. The quantitative estimate of drug-likeness (QED) is 0.157. The number of anilines is 3. The van der Waals surface area contributed by atoms with Gasteiger partial charge in [0, 0.05) is 22.1 Å². The van der Waals surface area contributed by atoms with Crippen LogP contribution in [0.1, 0.15) is 0 Å². The number of para-hydroxylation sites is 4. The van der Waals surface area contributed by atoms with Crippen molar-refractivity contribution in [3.63, 3.8) is 0 Å². The molecule has 1 aromatic heterocycles. The van der Waals surface area contributed by atoms with Gasteiger partial charge in [-0.1, -0.05) is 176 Å². The molecule has 0 saturated carbocycles. The van der Waals surface area contributed by atoms with Crippen molar-refractivity contribution < 1.29 is 0 Å². The van der Waals surface area contributed by atoms with Crippen LogP contribution in [0.25, 0.3) is 114 Å². The Kier molecular flexibility index (Phi) is 7.43. The number of benzene rings is 12. The van der Waals surface area contributed by atoms with Crippen molar-refractivity contribution in [1.82, 2.24) is 4.57 Å². The predicted molar refractivity (Wildman–Crippen MR) is 275 cm³/mol. The van der Waals surface area contributed by atoms with Crippen LogP contribution in [-0.4, -0.2) is 4.57 Å². The number of fused-ring (bicyclic) bond motifs is 6. The molecule has 13 aromatic carbocycles. The third kappa shape index (κ3) is 5.08. The summed E-state index contributed by atoms with van der Waals surface area (Å²) in [5.41, 5.74) is 9.15. The first kappa shape index (κ1) is 35.2. The fraction of sp³-hybridized carbons (Fsp3) is 0. The van der Waals surface area contributed by atoms with E-state index in [9.17, 15) is 0 Å². The van der Waals surface area contributed by atoms with Crippen LogP contribution in [0.4, 0.5) is 17.1 Å². The monoisotopic (exact) mass is 810 g/mol. The lowest BCUT2D eigenvalue weighted by Crippen LogP contribution is -2.13. The minimum atomic E-state index is 1.09. The predicted octanol–water partition coefficient (Wildman–Crippen LogP) is 17.4.